The van der Waals surface area contributed by atoms with Crippen molar-refractivity contribution in [3.63, 3.8) is 0 Å². The van der Waals surface area contributed by atoms with E-state index in [0.717, 1.165) is 33.8 Å². The number of para-hydroxylation sites is 1. The van der Waals surface area contributed by atoms with Crippen molar-refractivity contribution in [1.82, 2.24) is 9.88 Å². The van der Waals surface area contributed by atoms with Gasteiger partial charge in [-0.3, -0.25) is 4.79 Å². The van der Waals surface area contributed by atoms with Gasteiger partial charge in [-0.15, -0.1) is 0 Å². The summed E-state index contributed by atoms with van der Waals surface area (Å²) in [5, 5.41) is 3.04. The molecular weight excluding hydrogens is 352 g/mol. The predicted molar refractivity (Wildman–Crippen MR) is 111 cm³/mol. The van der Waals surface area contributed by atoms with Gasteiger partial charge in [-0.05, 0) is 43.2 Å². The SMILES string of the molecule is CCOc1ccccc1CNC(=O)c1c(-c2ccc(OC)cc2)c(C)cn1C. The first-order valence-corrected chi connectivity index (χ1v) is 9.34. The van der Waals surface area contributed by atoms with E-state index < -0.39 is 0 Å². The lowest BCUT2D eigenvalue weighted by atomic mass is 10.0. The molecule has 0 unspecified atom stereocenters. The zero-order valence-corrected chi connectivity index (χ0v) is 16.8. The third-order valence-corrected chi connectivity index (χ3v) is 4.68. The van der Waals surface area contributed by atoms with Gasteiger partial charge < -0.3 is 19.4 Å². The minimum atomic E-state index is -0.118. The van der Waals surface area contributed by atoms with Crippen LogP contribution in [0.15, 0.2) is 54.7 Å². The number of aromatic nitrogens is 1. The number of rotatable bonds is 7. The van der Waals surface area contributed by atoms with Crippen molar-refractivity contribution in [2.45, 2.75) is 20.4 Å². The van der Waals surface area contributed by atoms with Crippen LogP contribution < -0.4 is 14.8 Å². The molecule has 146 valence electrons. The van der Waals surface area contributed by atoms with Crippen molar-refractivity contribution < 1.29 is 14.3 Å². The summed E-state index contributed by atoms with van der Waals surface area (Å²) in [6.45, 7) is 4.95. The fourth-order valence-corrected chi connectivity index (χ4v) is 3.38. The Balaban J connectivity index is 1.86. The Labute approximate surface area is 165 Å². The van der Waals surface area contributed by atoms with Crippen molar-refractivity contribution in [3.05, 3.63) is 71.5 Å². The lowest BCUT2D eigenvalue weighted by Crippen LogP contribution is -2.25. The van der Waals surface area contributed by atoms with E-state index in [0.29, 0.717) is 18.8 Å². The van der Waals surface area contributed by atoms with Gasteiger partial charge in [0.15, 0.2) is 0 Å². The largest absolute Gasteiger partial charge is 0.497 e. The summed E-state index contributed by atoms with van der Waals surface area (Å²) < 4.78 is 12.8. The molecule has 3 aromatic rings. The van der Waals surface area contributed by atoms with E-state index in [1.54, 1.807) is 7.11 Å². The van der Waals surface area contributed by atoms with Crippen LogP contribution in [0.2, 0.25) is 0 Å². The first-order chi connectivity index (χ1) is 13.5. The zero-order chi connectivity index (χ0) is 20.1. The quantitative estimate of drug-likeness (QED) is 0.665. The fraction of sp³-hybridized carbons (Fsp3) is 0.261. The molecule has 0 atom stereocenters. The molecule has 0 fully saturated rings. The molecule has 1 aromatic heterocycles. The molecule has 0 bridgehead atoms. The average molecular weight is 378 g/mol. The Kier molecular flexibility index (Phi) is 6.04. The Morgan fingerprint density at radius 2 is 1.82 bits per heavy atom. The number of hydrogen-bond acceptors (Lipinski definition) is 3. The van der Waals surface area contributed by atoms with E-state index in [2.05, 4.69) is 5.32 Å². The number of amides is 1. The lowest BCUT2D eigenvalue weighted by Gasteiger charge is -2.13. The maximum Gasteiger partial charge on any atom is 0.268 e. The highest BCUT2D eigenvalue weighted by atomic mass is 16.5. The van der Waals surface area contributed by atoms with Gasteiger partial charge in [-0.25, -0.2) is 0 Å². The van der Waals surface area contributed by atoms with E-state index in [1.165, 1.54) is 0 Å². The summed E-state index contributed by atoms with van der Waals surface area (Å²) >= 11 is 0. The zero-order valence-electron chi connectivity index (χ0n) is 16.8. The van der Waals surface area contributed by atoms with Gasteiger partial charge in [-0.1, -0.05) is 30.3 Å². The van der Waals surface area contributed by atoms with E-state index in [9.17, 15) is 4.79 Å². The first-order valence-electron chi connectivity index (χ1n) is 9.34. The van der Waals surface area contributed by atoms with Crippen molar-refractivity contribution in [2.75, 3.05) is 13.7 Å². The molecule has 0 saturated heterocycles. The fourth-order valence-electron chi connectivity index (χ4n) is 3.38. The molecule has 1 amide bonds. The van der Waals surface area contributed by atoms with Crippen LogP contribution in [0.5, 0.6) is 11.5 Å². The third kappa shape index (κ3) is 4.03. The van der Waals surface area contributed by atoms with Gasteiger partial charge in [0.2, 0.25) is 0 Å². The van der Waals surface area contributed by atoms with Gasteiger partial charge >= 0.3 is 0 Å². The molecule has 5 nitrogen and oxygen atoms in total. The standard InChI is InChI=1S/C23H26N2O3/c1-5-28-20-9-7-6-8-18(20)14-24-23(26)22-21(16(2)15-25(22)3)17-10-12-19(27-4)13-11-17/h6-13,15H,5,14H2,1-4H3,(H,24,26). The van der Waals surface area contributed by atoms with E-state index in [-0.39, 0.29) is 5.91 Å². The summed E-state index contributed by atoms with van der Waals surface area (Å²) in [5.74, 6) is 1.47. The normalized spacial score (nSPS) is 10.6. The van der Waals surface area contributed by atoms with Gasteiger partial charge in [0.1, 0.15) is 17.2 Å². The van der Waals surface area contributed by atoms with Crippen molar-refractivity contribution in [1.29, 1.82) is 0 Å². The van der Waals surface area contributed by atoms with Crippen LogP contribution in [0.1, 0.15) is 28.5 Å². The molecule has 1 N–H and O–H groups in total. The number of ether oxygens (including phenoxy) is 2. The molecule has 0 spiro atoms. The highest BCUT2D eigenvalue weighted by Crippen LogP contribution is 2.30. The van der Waals surface area contributed by atoms with Crippen molar-refractivity contribution in [2.24, 2.45) is 7.05 Å². The number of hydrogen-bond donors (Lipinski definition) is 1. The number of carbonyl (C=O) groups excluding carboxylic acids is 1. The van der Waals surface area contributed by atoms with Crippen LogP contribution in [0, 0.1) is 6.92 Å². The number of nitrogens with zero attached hydrogens (tertiary/aromatic N) is 1. The molecule has 28 heavy (non-hydrogen) atoms. The van der Waals surface area contributed by atoms with Crippen LogP contribution >= 0.6 is 0 Å². The summed E-state index contributed by atoms with van der Waals surface area (Å²) in [6.07, 6.45) is 1.97. The number of methoxy groups -OCH3 is 1. The highest BCUT2D eigenvalue weighted by Gasteiger charge is 2.20. The highest BCUT2D eigenvalue weighted by molar-refractivity contribution is 6.00. The van der Waals surface area contributed by atoms with E-state index in [1.807, 2.05) is 80.2 Å². The van der Waals surface area contributed by atoms with Gasteiger partial charge in [-0.2, -0.15) is 0 Å². The molecule has 0 aliphatic rings. The predicted octanol–water partition coefficient (Wildman–Crippen LogP) is 4.34. The smallest absolute Gasteiger partial charge is 0.268 e. The molecule has 0 radical (unpaired) electrons. The number of nitrogens with one attached hydrogen (secondary N) is 1. The summed E-state index contributed by atoms with van der Waals surface area (Å²) in [6, 6.07) is 15.5. The Morgan fingerprint density at radius 1 is 1.11 bits per heavy atom. The van der Waals surface area contributed by atoms with Crippen LogP contribution in [-0.4, -0.2) is 24.2 Å². The molecule has 0 saturated carbocycles. The monoisotopic (exact) mass is 378 g/mol. The van der Waals surface area contributed by atoms with Crippen LogP contribution in [0.4, 0.5) is 0 Å². The molecule has 0 aliphatic carbocycles. The summed E-state index contributed by atoms with van der Waals surface area (Å²) in [4.78, 5) is 13.0. The minimum Gasteiger partial charge on any atom is -0.497 e. The Bertz CT molecular complexity index is 958. The number of carbonyl (C=O) groups is 1. The van der Waals surface area contributed by atoms with E-state index in [4.69, 9.17) is 9.47 Å². The second-order valence-corrected chi connectivity index (χ2v) is 6.60. The number of benzene rings is 2. The second-order valence-electron chi connectivity index (χ2n) is 6.60. The Hall–Kier alpha value is -3.21. The third-order valence-electron chi connectivity index (χ3n) is 4.68. The van der Waals surface area contributed by atoms with Crippen LogP contribution in [0.3, 0.4) is 0 Å². The van der Waals surface area contributed by atoms with Gasteiger partial charge in [0.25, 0.3) is 5.91 Å². The Morgan fingerprint density at radius 3 is 2.50 bits per heavy atom. The van der Waals surface area contributed by atoms with E-state index >= 15 is 0 Å². The topological polar surface area (TPSA) is 52.5 Å². The molecule has 0 aliphatic heterocycles. The minimum absolute atomic E-state index is 0.118. The average Bonchev–Trinajstić information content (AvgIpc) is 3.01. The van der Waals surface area contributed by atoms with Gasteiger partial charge in [0, 0.05) is 30.9 Å². The molecule has 3 rings (SSSR count). The van der Waals surface area contributed by atoms with Crippen molar-refractivity contribution in [3.8, 4) is 22.6 Å². The molecule has 5 heteroatoms. The summed E-state index contributed by atoms with van der Waals surface area (Å²) in [7, 11) is 3.53. The molecule has 2 aromatic carbocycles. The summed E-state index contributed by atoms with van der Waals surface area (Å²) in [5.41, 5.74) is 4.55. The maximum atomic E-state index is 13.0. The van der Waals surface area contributed by atoms with Gasteiger partial charge in [0.05, 0.1) is 13.7 Å². The van der Waals surface area contributed by atoms with Crippen LogP contribution in [0.25, 0.3) is 11.1 Å². The molecular formula is C23H26N2O3. The molecule has 1 heterocycles. The lowest BCUT2D eigenvalue weighted by molar-refractivity contribution is 0.0943. The first kappa shape index (κ1) is 19.5. The number of aryl methyl sites for hydroxylation is 2. The van der Waals surface area contributed by atoms with Crippen molar-refractivity contribution >= 4 is 5.91 Å². The second kappa shape index (κ2) is 8.65. The van der Waals surface area contributed by atoms with Crippen LogP contribution in [-0.2, 0) is 13.6 Å². The maximum absolute atomic E-state index is 13.0.